The first-order valence-corrected chi connectivity index (χ1v) is 20.4. The largest absolute Gasteiger partial charge is 0.344 e. The van der Waals surface area contributed by atoms with Crippen LogP contribution in [0.2, 0.25) is 0 Å². The van der Waals surface area contributed by atoms with Crippen LogP contribution in [0, 0.1) is 19.3 Å². The SMILES string of the molecule is Cc1ccc2c(c1)C(C)(C)C(/C=C/C=C/C=C1\N(CCCS(=O)(=O)O)c3ccc(C)cc3C1(C)CCCC(C)(C)C)=[N+]2CCCS(=O)(=O)O. The predicted octanol–water partition coefficient (Wildman–Crippen LogP) is 8.23. The second-order valence-corrected chi connectivity index (χ2v) is 18.8. The summed E-state index contributed by atoms with van der Waals surface area (Å²) in [5.74, 6) is -0.596. The summed E-state index contributed by atoms with van der Waals surface area (Å²) in [6, 6.07) is 12.8. The zero-order valence-corrected chi connectivity index (χ0v) is 32.1. The quantitative estimate of drug-likeness (QED) is 0.115. The lowest BCUT2D eigenvalue weighted by atomic mass is 9.75. The van der Waals surface area contributed by atoms with Gasteiger partial charge in [0.05, 0.1) is 16.9 Å². The number of allylic oxidation sites excluding steroid dienone is 6. The molecule has 0 radical (unpaired) electrons. The molecule has 4 rings (SSSR count). The van der Waals surface area contributed by atoms with Crippen molar-refractivity contribution in [3.63, 3.8) is 0 Å². The van der Waals surface area contributed by atoms with E-state index >= 15 is 0 Å². The van der Waals surface area contributed by atoms with Crippen molar-refractivity contribution in [3.8, 4) is 0 Å². The van der Waals surface area contributed by atoms with Crippen molar-refractivity contribution in [2.75, 3.05) is 29.5 Å². The van der Waals surface area contributed by atoms with Gasteiger partial charge in [-0.15, -0.1) is 0 Å². The Labute approximate surface area is 294 Å². The van der Waals surface area contributed by atoms with Crippen molar-refractivity contribution < 1.29 is 30.5 Å². The molecule has 0 saturated heterocycles. The Kier molecular flexibility index (Phi) is 11.6. The fourth-order valence-electron chi connectivity index (χ4n) is 7.34. The standard InChI is InChI=1S/C39H54N2O6S2/c1-29-17-19-33-31(27-29)38(6,7)35(40(33)23-13-25-48(42,43)44)15-10-9-11-16-36-39(8,22-12-21-37(3,4)5)32-28-30(2)18-20-34(32)41(36)24-14-26-49(45,46)47/h9-11,15-20,27-28H,12-14,21-26H2,1-8H3,(H-,42,43,44,45,46,47)/p+1. The van der Waals surface area contributed by atoms with E-state index in [9.17, 15) is 25.9 Å². The number of hydrogen-bond donors (Lipinski definition) is 2. The molecule has 0 aliphatic carbocycles. The molecule has 2 aliphatic heterocycles. The smallest absolute Gasteiger partial charge is 0.265 e. The molecule has 0 fully saturated rings. The lowest BCUT2D eigenvalue weighted by molar-refractivity contribution is -0.437. The van der Waals surface area contributed by atoms with E-state index in [-0.39, 0.29) is 27.8 Å². The van der Waals surface area contributed by atoms with Gasteiger partial charge in [-0.2, -0.15) is 21.4 Å². The van der Waals surface area contributed by atoms with Crippen molar-refractivity contribution in [1.29, 1.82) is 0 Å². The van der Waals surface area contributed by atoms with Crippen LogP contribution in [0.3, 0.4) is 0 Å². The topological polar surface area (TPSA) is 115 Å². The molecule has 2 aromatic carbocycles. The molecule has 0 saturated carbocycles. The molecule has 2 aromatic rings. The zero-order valence-electron chi connectivity index (χ0n) is 30.5. The van der Waals surface area contributed by atoms with Gasteiger partial charge in [-0.25, -0.2) is 0 Å². The van der Waals surface area contributed by atoms with Gasteiger partial charge in [-0.05, 0) is 83.1 Å². The summed E-state index contributed by atoms with van der Waals surface area (Å²) in [5.41, 5.74) is 8.61. The molecule has 0 bridgehead atoms. The lowest BCUT2D eigenvalue weighted by Gasteiger charge is -2.31. The molecule has 10 heteroatoms. The Morgan fingerprint density at radius 3 is 2.06 bits per heavy atom. The highest BCUT2D eigenvalue weighted by atomic mass is 32.2. The number of hydrogen-bond acceptors (Lipinski definition) is 5. The number of aryl methyl sites for hydroxylation is 2. The first-order chi connectivity index (χ1) is 22.6. The van der Waals surface area contributed by atoms with E-state index in [1.165, 1.54) is 16.7 Å². The molecule has 2 aliphatic rings. The van der Waals surface area contributed by atoms with Crippen LogP contribution >= 0.6 is 0 Å². The molecule has 268 valence electrons. The fourth-order valence-corrected chi connectivity index (χ4v) is 8.33. The average Bonchev–Trinajstić information content (AvgIpc) is 3.30. The minimum absolute atomic E-state index is 0.207. The number of anilines is 1. The Morgan fingerprint density at radius 2 is 1.43 bits per heavy atom. The first kappa shape index (κ1) is 38.7. The summed E-state index contributed by atoms with van der Waals surface area (Å²) in [4.78, 5) is 2.22. The number of benzene rings is 2. The zero-order chi connectivity index (χ0) is 36.4. The van der Waals surface area contributed by atoms with E-state index in [1.807, 2.05) is 18.2 Å². The van der Waals surface area contributed by atoms with Crippen LogP contribution in [0.1, 0.15) is 95.9 Å². The van der Waals surface area contributed by atoms with Crippen molar-refractivity contribution in [2.45, 2.75) is 98.3 Å². The molecular formula is C39H55N2O6S2+. The molecule has 0 aromatic heterocycles. The summed E-state index contributed by atoms with van der Waals surface area (Å²) >= 11 is 0. The van der Waals surface area contributed by atoms with Crippen LogP contribution in [0.15, 0.2) is 72.5 Å². The van der Waals surface area contributed by atoms with Gasteiger partial charge < -0.3 is 4.90 Å². The van der Waals surface area contributed by atoms with E-state index in [4.69, 9.17) is 0 Å². The van der Waals surface area contributed by atoms with Crippen LogP contribution < -0.4 is 4.90 Å². The monoisotopic (exact) mass is 711 g/mol. The van der Waals surface area contributed by atoms with Crippen LogP contribution in [0.5, 0.6) is 0 Å². The van der Waals surface area contributed by atoms with Gasteiger partial charge in [0, 0.05) is 47.5 Å². The Morgan fingerprint density at radius 1 is 0.816 bits per heavy atom. The van der Waals surface area contributed by atoms with E-state index < -0.39 is 20.2 Å². The molecule has 8 nitrogen and oxygen atoms in total. The maximum atomic E-state index is 11.6. The van der Waals surface area contributed by atoms with Crippen molar-refractivity contribution in [2.24, 2.45) is 5.41 Å². The van der Waals surface area contributed by atoms with Gasteiger partial charge in [0.1, 0.15) is 6.54 Å². The van der Waals surface area contributed by atoms with E-state index in [0.717, 1.165) is 47.6 Å². The van der Waals surface area contributed by atoms with Crippen molar-refractivity contribution in [1.82, 2.24) is 0 Å². The van der Waals surface area contributed by atoms with Gasteiger partial charge >= 0.3 is 0 Å². The maximum absolute atomic E-state index is 11.6. The summed E-state index contributed by atoms with van der Waals surface area (Å²) in [6.45, 7) is 18.5. The average molecular weight is 712 g/mol. The van der Waals surface area contributed by atoms with Crippen LogP contribution in [-0.4, -0.2) is 60.8 Å². The Bertz CT molecular complexity index is 1900. The minimum atomic E-state index is -4.08. The second kappa shape index (κ2) is 14.7. The number of nitrogens with zero attached hydrogens (tertiary/aromatic N) is 2. The fraction of sp³-hybridized carbons (Fsp3) is 0.513. The molecule has 2 heterocycles. The Balaban J connectivity index is 1.71. The Hall–Kier alpha value is -3.05. The molecule has 1 unspecified atom stereocenters. The highest BCUT2D eigenvalue weighted by molar-refractivity contribution is 7.86. The molecule has 0 amide bonds. The lowest BCUT2D eigenvalue weighted by Crippen LogP contribution is -2.30. The molecule has 0 spiro atoms. The van der Waals surface area contributed by atoms with Crippen molar-refractivity contribution in [3.05, 3.63) is 94.7 Å². The van der Waals surface area contributed by atoms with Gasteiger partial charge in [0.2, 0.25) is 5.69 Å². The highest BCUT2D eigenvalue weighted by Crippen LogP contribution is 2.51. The first-order valence-electron chi connectivity index (χ1n) is 17.2. The van der Waals surface area contributed by atoms with Gasteiger partial charge in [0.15, 0.2) is 5.71 Å². The third-order valence-corrected chi connectivity index (χ3v) is 11.5. The molecule has 2 N–H and O–H groups in total. The van der Waals surface area contributed by atoms with Crippen LogP contribution in [0.25, 0.3) is 0 Å². The third kappa shape index (κ3) is 9.60. The minimum Gasteiger partial charge on any atom is -0.344 e. The van der Waals surface area contributed by atoms with Gasteiger partial charge in [-0.3, -0.25) is 9.11 Å². The predicted molar refractivity (Wildman–Crippen MR) is 202 cm³/mol. The van der Waals surface area contributed by atoms with Crippen LogP contribution in [0.4, 0.5) is 11.4 Å². The summed E-state index contributed by atoms with van der Waals surface area (Å²) in [7, 11) is -8.14. The third-order valence-electron chi connectivity index (χ3n) is 9.84. The summed E-state index contributed by atoms with van der Waals surface area (Å²) in [6.07, 6.45) is 13.9. The maximum Gasteiger partial charge on any atom is 0.265 e. The van der Waals surface area contributed by atoms with E-state index in [2.05, 4.69) is 113 Å². The molecule has 1 atom stereocenters. The van der Waals surface area contributed by atoms with Gasteiger partial charge in [-0.1, -0.05) is 74.7 Å². The van der Waals surface area contributed by atoms with Gasteiger partial charge in [0.25, 0.3) is 20.2 Å². The number of fused-ring (bicyclic) bond motifs is 2. The van der Waals surface area contributed by atoms with E-state index in [0.29, 0.717) is 25.9 Å². The molecular weight excluding hydrogens is 657 g/mol. The molecule has 49 heavy (non-hydrogen) atoms. The normalized spacial score (nSPS) is 20.3. The van der Waals surface area contributed by atoms with E-state index in [1.54, 1.807) is 0 Å². The summed E-state index contributed by atoms with van der Waals surface area (Å²) < 4.78 is 67.2. The van der Waals surface area contributed by atoms with Crippen molar-refractivity contribution >= 4 is 37.3 Å². The van der Waals surface area contributed by atoms with Crippen LogP contribution in [-0.2, 0) is 31.1 Å². The highest BCUT2D eigenvalue weighted by Gasteiger charge is 2.45. The number of rotatable bonds is 14. The summed E-state index contributed by atoms with van der Waals surface area (Å²) in [5, 5.41) is 0. The second-order valence-electron chi connectivity index (χ2n) is 15.7.